The van der Waals surface area contributed by atoms with Gasteiger partial charge in [0.25, 0.3) is 0 Å². The number of nitrogens with zero attached hydrogens (tertiary/aromatic N) is 1. The van der Waals surface area contributed by atoms with Crippen molar-refractivity contribution in [2.75, 3.05) is 14.2 Å². The standard InChI is InChI=1S/C9H10ClF2NO2/c1-13(14)4-5-3-6(11)8(12)7(10)9(5)15-2/h3,14H,4H2,1-2H3. The number of methoxy groups -OCH3 is 1. The molecular formula is C9H10ClF2NO2. The molecule has 1 rings (SSSR count). The van der Waals surface area contributed by atoms with E-state index >= 15 is 0 Å². The van der Waals surface area contributed by atoms with Crippen LogP contribution in [0.3, 0.4) is 0 Å². The third-order valence-corrected chi connectivity index (χ3v) is 2.14. The van der Waals surface area contributed by atoms with Crippen LogP contribution in [-0.2, 0) is 6.54 Å². The van der Waals surface area contributed by atoms with Gasteiger partial charge in [-0.2, -0.15) is 5.06 Å². The summed E-state index contributed by atoms with van der Waals surface area (Å²) >= 11 is 5.55. The van der Waals surface area contributed by atoms with Crippen LogP contribution in [0.25, 0.3) is 0 Å². The lowest BCUT2D eigenvalue weighted by Crippen LogP contribution is -2.13. The van der Waals surface area contributed by atoms with Crippen molar-refractivity contribution in [1.82, 2.24) is 5.06 Å². The van der Waals surface area contributed by atoms with Crippen LogP contribution in [0.15, 0.2) is 6.07 Å². The molecule has 0 radical (unpaired) electrons. The third kappa shape index (κ3) is 2.56. The molecular weight excluding hydrogens is 228 g/mol. The van der Waals surface area contributed by atoms with Gasteiger partial charge in [-0.25, -0.2) is 8.78 Å². The Balaban J connectivity index is 3.25. The summed E-state index contributed by atoms with van der Waals surface area (Å²) in [6, 6.07) is 0.937. The van der Waals surface area contributed by atoms with Crippen molar-refractivity contribution in [3.05, 3.63) is 28.3 Å². The van der Waals surface area contributed by atoms with Gasteiger partial charge in [0.2, 0.25) is 0 Å². The molecule has 84 valence electrons. The summed E-state index contributed by atoms with van der Waals surface area (Å²) in [5.41, 5.74) is 0.270. The fraction of sp³-hybridized carbons (Fsp3) is 0.333. The van der Waals surface area contributed by atoms with Gasteiger partial charge in [0, 0.05) is 12.6 Å². The number of rotatable bonds is 3. The van der Waals surface area contributed by atoms with E-state index in [4.69, 9.17) is 21.5 Å². The van der Waals surface area contributed by atoms with Crippen molar-refractivity contribution >= 4 is 11.6 Å². The molecule has 1 N–H and O–H groups in total. The second-order valence-electron chi connectivity index (χ2n) is 2.99. The zero-order valence-electron chi connectivity index (χ0n) is 8.22. The highest BCUT2D eigenvalue weighted by Gasteiger charge is 2.18. The maximum absolute atomic E-state index is 13.0. The number of hydrogen-bond donors (Lipinski definition) is 1. The molecule has 0 spiro atoms. The highest BCUT2D eigenvalue weighted by atomic mass is 35.5. The van der Waals surface area contributed by atoms with Crippen molar-refractivity contribution in [3.63, 3.8) is 0 Å². The van der Waals surface area contributed by atoms with Gasteiger partial charge in [-0.05, 0) is 6.07 Å². The Labute approximate surface area is 90.8 Å². The number of hydrogen-bond acceptors (Lipinski definition) is 3. The van der Waals surface area contributed by atoms with E-state index in [2.05, 4.69) is 0 Å². The average molecular weight is 238 g/mol. The fourth-order valence-corrected chi connectivity index (χ4v) is 1.50. The van der Waals surface area contributed by atoms with E-state index in [1.54, 1.807) is 0 Å². The van der Waals surface area contributed by atoms with E-state index in [-0.39, 0.29) is 17.9 Å². The van der Waals surface area contributed by atoms with Gasteiger partial charge < -0.3 is 9.94 Å². The predicted molar refractivity (Wildman–Crippen MR) is 51.2 cm³/mol. The Morgan fingerprint density at radius 1 is 1.53 bits per heavy atom. The molecule has 0 fully saturated rings. The highest BCUT2D eigenvalue weighted by Crippen LogP contribution is 2.33. The Hall–Kier alpha value is -0.910. The molecule has 15 heavy (non-hydrogen) atoms. The van der Waals surface area contributed by atoms with E-state index < -0.39 is 16.7 Å². The van der Waals surface area contributed by atoms with E-state index in [1.165, 1.54) is 14.2 Å². The van der Waals surface area contributed by atoms with Gasteiger partial charge in [-0.3, -0.25) is 0 Å². The van der Waals surface area contributed by atoms with Crippen LogP contribution in [0.2, 0.25) is 5.02 Å². The summed E-state index contributed by atoms with van der Waals surface area (Å²) in [6.45, 7) is -0.0138. The maximum atomic E-state index is 13.0. The monoisotopic (exact) mass is 237 g/mol. The first-order valence-electron chi connectivity index (χ1n) is 4.07. The van der Waals surface area contributed by atoms with Crippen LogP contribution in [0, 0.1) is 11.6 Å². The summed E-state index contributed by atoms with van der Waals surface area (Å²) in [6.07, 6.45) is 0. The first-order valence-corrected chi connectivity index (χ1v) is 4.45. The number of ether oxygens (including phenoxy) is 1. The van der Waals surface area contributed by atoms with Crippen LogP contribution < -0.4 is 4.74 Å². The van der Waals surface area contributed by atoms with Gasteiger partial charge >= 0.3 is 0 Å². The lowest BCUT2D eigenvalue weighted by molar-refractivity contribution is -0.0736. The van der Waals surface area contributed by atoms with Crippen molar-refractivity contribution in [3.8, 4) is 5.75 Å². The third-order valence-electron chi connectivity index (χ3n) is 1.80. The molecule has 1 aromatic rings. The van der Waals surface area contributed by atoms with Crippen molar-refractivity contribution in [2.24, 2.45) is 0 Å². The van der Waals surface area contributed by atoms with Crippen molar-refractivity contribution in [1.29, 1.82) is 0 Å². The molecule has 0 aromatic heterocycles. The summed E-state index contributed by atoms with van der Waals surface area (Å²) in [5, 5.41) is 9.38. The van der Waals surface area contributed by atoms with E-state index in [0.29, 0.717) is 0 Å². The lowest BCUT2D eigenvalue weighted by Gasteiger charge is -2.14. The normalized spacial score (nSPS) is 10.9. The molecule has 0 aliphatic rings. The average Bonchev–Trinajstić information content (AvgIpc) is 2.14. The quantitative estimate of drug-likeness (QED) is 0.648. The van der Waals surface area contributed by atoms with Gasteiger partial charge in [0.15, 0.2) is 11.6 Å². The molecule has 0 aliphatic heterocycles. The van der Waals surface area contributed by atoms with Crippen LogP contribution >= 0.6 is 11.6 Å². The molecule has 1 aromatic carbocycles. The Morgan fingerprint density at radius 2 is 2.13 bits per heavy atom. The number of benzene rings is 1. The first kappa shape index (κ1) is 12.2. The van der Waals surface area contributed by atoms with Crippen LogP contribution in [0.4, 0.5) is 8.78 Å². The minimum atomic E-state index is -1.15. The zero-order valence-corrected chi connectivity index (χ0v) is 8.98. The molecule has 0 aliphatic carbocycles. The van der Waals surface area contributed by atoms with Crippen molar-refractivity contribution < 1.29 is 18.7 Å². The largest absolute Gasteiger partial charge is 0.495 e. The molecule has 0 saturated heterocycles. The highest BCUT2D eigenvalue weighted by molar-refractivity contribution is 6.32. The molecule has 0 saturated carbocycles. The van der Waals surface area contributed by atoms with Crippen LogP contribution in [0.5, 0.6) is 5.75 Å². The zero-order chi connectivity index (χ0) is 11.6. The first-order chi connectivity index (χ1) is 6.97. The summed E-state index contributed by atoms with van der Waals surface area (Å²) in [7, 11) is 2.66. The van der Waals surface area contributed by atoms with E-state index in [0.717, 1.165) is 11.1 Å². The molecule has 3 nitrogen and oxygen atoms in total. The van der Waals surface area contributed by atoms with E-state index in [9.17, 15) is 8.78 Å². The SMILES string of the molecule is COc1c(CN(C)O)cc(F)c(F)c1Cl. The fourth-order valence-electron chi connectivity index (χ4n) is 1.21. The van der Waals surface area contributed by atoms with E-state index in [1.807, 2.05) is 0 Å². The maximum Gasteiger partial charge on any atom is 0.181 e. The summed E-state index contributed by atoms with van der Waals surface area (Å²) in [4.78, 5) is 0. The second-order valence-corrected chi connectivity index (χ2v) is 3.37. The van der Waals surface area contributed by atoms with Gasteiger partial charge in [-0.1, -0.05) is 11.6 Å². The summed E-state index contributed by atoms with van der Waals surface area (Å²) in [5.74, 6) is -2.20. The summed E-state index contributed by atoms with van der Waals surface area (Å²) < 4.78 is 30.9. The van der Waals surface area contributed by atoms with Crippen LogP contribution in [-0.4, -0.2) is 24.4 Å². The molecule has 0 atom stereocenters. The predicted octanol–water partition coefficient (Wildman–Crippen LogP) is 2.45. The molecule has 0 amide bonds. The Bertz CT molecular complexity index is 372. The minimum absolute atomic E-state index is 0.0138. The van der Waals surface area contributed by atoms with Crippen LogP contribution in [0.1, 0.15) is 5.56 Å². The molecule has 6 heteroatoms. The number of hydroxylamine groups is 2. The second kappa shape index (κ2) is 4.74. The Morgan fingerprint density at radius 3 is 2.60 bits per heavy atom. The lowest BCUT2D eigenvalue weighted by atomic mass is 10.2. The smallest absolute Gasteiger partial charge is 0.181 e. The van der Waals surface area contributed by atoms with Gasteiger partial charge in [0.1, 0.15) is 10.8 Å². The van der Waals surface area contributed by atoms with Crippen molar-refractivity contribution in [2.45, 2.75) is 6.54 Å². The minimum Gasteiger partial charge on any atom is -0.495 e. The Kier molecular flexibility index (Phi) is 3.84. The topological polar surface area (TPSA) is 32.7 Å². The van der Waals surface area contributed by atoms with Gasteiger partial charge in [0.05, 0.1) is 13.7 Å². The molecule has 0 bridgehead atoms. The van der Waals surface area contributed by atoms with Gasteiger partial charge in [-0.15, -0.1) is 0 Å². The number of halogens is 3. The molecule has 0 heterocycles. The molecule has 0 unspecified atom stereocenters.